The first-order valence-electron chi connectivity index (χ1n) is 5.52. The van der Waals surface area contributed by atoms with E-state index in [4.69, 9.17) is 4.18 Å². The van der Waals surface area contributed by atoms with Crippen molar-refractivity contribution in [2.45, 2.75) is 45.4 Å². The second-order valence-corrected chi connectivity index (χ2v) is 5.41. The minimum absolute atomic E-state index is 0. The van der Waals surface area contributed by atoms with Crippen LogP contribution in [0.1, 0.15) is 39.2 Å². The molecule has 0 spiro atoms. The van der Waals surface area contributed by atoms with Crippen molar-refractivity contribution in [2.75, 3.05) is 6.61 Å². The molecule has 0 unspecified atom stereocenters. The van der Waals surface area contributed by atoms with Gasteiger partial charge in [-0.2, -0.15) is 8.42 Å². The molecule has 17 heavy (non-hydrogen) atoms. The molecule has 0 bridgehead atoms. The lowest BCUT2D eigenvalue weighted by Gasteiger charge is -2.05. The summed E-state index contributed by atoms with van der Waals surface area (Å²) < 4.78 is 28.3. The molecule has 1 aromatic rings. The van der Waals surface area contributed by atoms with Crippen molar-refractivity contribution in [3.8, 4) is 0 Å². The highest BCUT2D eigenvalue weighted by atomic mass is 32.2. The van der Waals surface area contributed by atoms with E-state index in [9.17, 15) is 8.42 Å². The largest absolute Gasteiger partial charge is 0.296 e. The Bertz CT molecular complexity index is 407. The molecule has 98 valence electrons. The molecule has 0 saturated carbocycles. The van der Waals surface area contributed by atoms with E-state index in [2.05, 4.69) is 6.92 Å². The van der Waals surface area contributed by atoms with E-state index in [1.165, 1.54) is 0 Å². The number of unbranched alkanes of at least 4 members (excludes halogenated alkanes) is 2. The van der Waals surface area contributed by atoms with E-state index in [0.717, 1.165) is 24.8 Å². The number of aryl methyl sites for hydroxylation is 1. The summed E-state index contributed by atoms with van der Waals surface area (Å²) in [5.74, 6) is 0. The van der Waals surface area contributed by atoms with Crippen molar-refractivity contribution in [1.29, 1.82) is 0 Å². The monoisotopic (exact) mass is 258 g/mol. The average molecular weight is 258 g/mol. The highest BCUT2D eigenvalue weighted by Gasteiger charge is 2.13. The van der Waals surface area contributed by atoms with Gasteiger partial charge < -0.3 is 0 Å². The van der Waals surface area contributed by atoms with Crippen molar-refractivity contribution in [1.82, 2.24) is 0 Å². The molecule has 0 heterocycles. The number of hydrogen-bond donors (Lipinski definition) is 0. The molecule has 4 heteroatoms. The van der Waals surface area contributed by atoms with Gasteiger partial charge >= 0.3 is 0 Å². The smallest absolute Gasteiger partial charge is 0.266 e. The van der Waals surface area contributed by atoms with Gasteiger partial charge in [0.25, 0.3) is 10.1 Å². The molecule has 0 aromatic heterocycles. The maximum absolute atomic E-state index is 11.7. The van der Waals surface area contributed by atoms with Gasteiger partial charge in [0.05, 0.1) is 11.5 Å². The van der Waals surface area contributed by atoms with E-state index in [0.29, 0.717) is 0 Å². The maximum Gasteiger partial charge on any atom is 0.296 e. The zero-order valence-corrected chi connectivity index (χ0v) is 10.6. The number of benzene rings is 1. The van der Waals surface area contributed by atoms with Crippen LogP contribution in [0.2, 0.25) is 0 Å². The minimum atomic E-state index is -3.56. The molecule has 1 aromatic carbocycles. The lowest BCUT2D eigenvalue weighted by Crippen LogP contribution is -2.07. The molecule has 0 aliphatic rings. The lowest BCUT2D eigenvalue weighted by atomic mass is 10.2. The van der Waals surface area contributed by atoms with Crippen LogP contribution in [-0.4, -0.2) is 15.0 Å². The SMILES string of the molecule is C.CCCCCOS(=O)(=O)c1ccc(C)cc1. The molecule has 0 fully saturated rings. The van der Waals surface area contributed by atoms with Crippen molar-refractivity contribution >= 4 is 10.1 Å². The third-order valence-corrected chi connectivity index (χ3v) is 3.62. The van der Waals surface area contributed by atoms with E-state index in [1.807, 2.05) is 6.92 Å². The van der Waals surface area contributed by atoms with Gasteiger partial charge in [-0.05, 0) is 25.5 Å². The van der Waals surface area contributed by atoms with Crippen molar-refractivity contribution in [3.63, 3.8) is 0 Å². The Kier molecular flexibility index (Phi) is 7.07. The van der Waals surface area contributed by atoms with Crippen LogP contribution in [0, 0.1) is 6.92 Å². The molecule has 0 amide bonds. The van der Waals surface area contributed by atoms with Crippen LogP contribution in [0.4, 0.5) is 0 Å². The van der Waals surface area contributed by atoms with E-state index in [-0.39, 0.29) is 18.9 Å². The molecule has 3 nitrogen and oxygen atoms in total. The van der Waals surface area contributed by atoms with Gasteiger partial charge in [0.2, 0.25) is 0 Å². The summed E-state index contributed by atoms with van der Waals surface area (Å²) in [6.07, 6.45) is 2.82. The van der Waals surface area contributed by atoms with E-state index in [1.54, 1.807) is 24.3 Å². The summed E-state index contributed by atoms with van der Waals surface area (Å²) in [7, 11) is -3.56. The molecule has 0 radical (unpaired) electrons. The standard InChI is InChI=1S/C12H18O3S.CH4/c1-3-4-5-10-15-16(13,14)12-8-6-11(2)7-9-12;/h6-9H,3-5,10H2,1-2H3;1H4. The third kappa shape index (κ3) is 5.33. The van der Waals surface area contributed by atoms with Crippen LogP contribution in [0.25, 0.3) is 0 Å². The van der Waals surface area contributed by atoms with Crippen molar-refractivity contribution < 1.29 is 12.6 Å². The Hall–Kier alpha value is -0.870. The second-order valence-electron chi connectivity index (χ2n) is 3.80. The van der Waals surface area contributed by atoms with Gasteiger partial charge in [0.1, 0.15) is 0 Å². The molecular formula is C13H22O3S. The number of rotatable bonds is 6. The Morgan fingerprint density at radius 3 is 2.24 bits per heavy atom. The normalized spacial score (nSPS) is 10.9. The quantitative estimate of drug-likeness (QED) is 0.579. The zero-order valence-electron chi connectivity index (χ0n) is 9.77. The van der Waals surface area contributed by atoms with Crippen LogP contribution >= 0.6 is 0 Å². The lowest BCUT2D eigenvalue weighted by molar-refractivity contribution is 0.308. The van der Waals surface area contributed by atoms with E-state index >= 15 is 0 Å². The Labute approximate surface area is 105 Å². The average Bonchev–Trinajstić information content (AvgIpc) is 2.25. The van der Waals surface area contributed by atoms with Gasteiger partial charge in [-0.3, -0.25) is 4.18 Å². The molecule has 0 saturated heterocycles. The molecule has 0 N–H and O–H groups in total. The van der Waals surface area contributed by atoms with Gasteiger partial charge in [-0.25, -0.2) is 0 Å². The Morgan fingerprint density at radius 2 is 1.71 bits per heavy atom. The van der Waals surface area contributed by atoms with Crippen LogP contribution in [0.15, 0.2) is 29.2 Å². The summed E-state index contributed by atoms with van der Waals surface area (Å²) in [5, 5.41) is 0. The van der Waals surface area contributed by atoms with Crippen molar-refractivity contribution in [3.05, 3.63) is 29.8 Å². The summed E-state index contributed by atoms with van der Waals surface area (Å²) in [6, 6.07) is 6.68. The minimum Gasteiger partial charge on any atom is -0.266 e. The molecule has 1 rings (SSSR count). The van der Waals surface area contributed by atoms with Crippen LogP contribution in [0.5, 0.6) is 0 Å². The van der Waals surface area contributed by atoms with Gasteiger partial charge in [0.15, 0.2) is 0 Å². The first kappa shape index (κ1) is 16.1. The Balaban J connectivity index is 0.00000256. The highest BCUT2D eigenvalue weighted by molar-refractivity contribution is 7.86. The number of hydrogen-bond acceptors (Lipinski definition) is 3. The van der Waals surface area contributed by atoms with Crippen molar-refractivity contribution in [2.24, 2.45) is 0 Å². The topological polar surface area (TPSA) is 43.4 Å². The predicted molar refractivity (Wildman–Crippen MR) is 70.6 cm³/mol. The summed E-state index contributed by atoms with van der Waals surface area (Å²) in [5.41, 5.74) is 1.03. The van der Waals surface area contributed by atoms with Crippen LogP contribution in [0.3, 0.4) is 0 Å². The summed E-state index contributed by atoms with van der Waals surface area (Å²) in [4.78, 5) is 0.231. The molecule has 0 aliphatic heterocycles. The summed E-state index contributed by atoms with van der Waals surface area (Å²) >= 11 is 0. The van der Waals surface area contributed by atoms with Crippen LogP contribution < -0.4 is 0 Å². The fraction of sp³-hybridized carbons (Fsp3) is 0.538. The van der Waals surface area contributed by atoms with E-state index < -0.39 is 10.1 Å². The molecular weight excluding hydrogens is 236 g/mol. The summed E-state index contributed by atoms with van der Waals surface area (Å²) in [6.45, 7) is 4.25. The molecule has 0 atom stereocenters. The van der Waals surface area contributed by atoms with Gasteiger partial charge in [0, 0.05) is 0 Å². The highest BCUT2D eigenvalue weighted by Crippen LogP contribution is 2.13. The maximum atomic E-state index is 11.7. The first-order chi connectivity index (χ1) is 7.56. The zero-order chi connectivity index (χ0) is 12.0. The molecule has 0 aliphatic carbocycles. The van der Waals surface area contributed by atoms with Crippen LogP contribution in [-0.2, 0) is 14.3 Å². The Morgan fingerprint density at radius 1 is 1.12 bits per heavy atom. The first-order valence-corrected chi connectivity index (χ1v) is 6.93. The van der Waals surface area contributed by atoms with Gasteiger partial charge in [-0.15, -0.1) is 0 Å². The second kappa shape index (κ2) is 7.45. The third-order valence-electron chi connectivity index (χ3n) is 2.30. The fourth-order valence-corrected chi connectivity index (χ4v) is 2.24. The van der Waals surface area contributed by atoms with Gasteiger partial charge in [-0.1, -0.05) is 44.9 Å². The fourth-order valence-electron chi connectivity index (χ4n) is 1.29. The predicted octanol–water partition coefficient (Wildman–Crippen LogP) is 3.53.